The molecule has 1 heterocycles. The number of aliphatic hydroxyl groups is 1. The molecule has 119 heavy (non-hydrogen) atoms. The van der Waals surface area contributed by atoms with E-state index in [2.05, 4.69) is 274 Å². The first kappa shape index (κ1) is 105. The van der Waals surface area contributed by atoms with Crippen LogP contribution in [0, 0.1) is 48.5 Å². The van der Waals surface area contributed by atoms with Crippen molar-refractivity contribution in [2.45, 2.75) is 266 Å². The van der Waals surface area contributed by atoms with Crippen molar-refractivity contribution in [1.29, 1.82) is 0 Å². The van der Waals surface area contributed by atoms with E-state index in [1.807, 2.05) is 107 Å². The summed E-state index contributed by atoms with van der Waals surface area (Å²) in [6.45, 7) is 58.6. The third-order valence-electron chi connectivity index (χ3n) is 21.4. The zero-order chi connectivity index (χ0) is 90.3. The van der Waals surface area contributed by atoms with Gasteiger partial charge in [-0.05, 0) is 324 Å². The summed E-state index contributed by atoms with van der Waals surface area (Å²) in [7, 11) is 1.63. The van der Waals surface area contributed by atoms with Crippen LogP contribution in [-0.2, 0) is 19.4 Å². The number of ether oxygens (including phenoxy) is 1. The van der Waals surface area contributed by atoms with E-state index < -0.39 is 0 Å². The quantitative estimate of drug-likeness (QED) is 0.0528. The van der Waals surface area contributed by atoms with E-state index in [1.54, 1.807) is 13.2 Å². The summed E-state index contributed by atoms with van der Waals surface area (Å²) in [6.07, 6.45) is 6.56. The molecule has 1 aliphatic heterocycles. The van der Waals surface area contributed by atoms with Crippen molar-refractivity contribution in [3.63, 3.8) is 0 Å². The lowest BCUT2D eigenvalue weighted by atomic mass is 9.95. The van der Waals surface area contributed by atoms with E-state index in [0.29, 0.717) is 86.3 Å². The number of fused-ring (bicyclic) bond motifs is 2. The second kappa shape index (κ2) is 51.0. The van der Waals surface area contributed by atoms with Gasteiger partial charge in [0.25, 0.3) is 0 Å². The largest absolute Gasteiger partial charge is 0.506 e. The maximum atomic E-state index is 9.59. The molecule has 14 N–H and O–H groups in total. The number of nitrogens with two attached hydrogens (primary N) is 5. The summed E-state index contributed by atoms with van der Waals surface area (Å²) in [5, 5.41) is 33.6. The maximum absolute atomic E-state index is 9.59. The van der Waals surface area contributed by atoms with Gasteiger partial charge < -0.3 is 54.0 Å². The molecule has 15 heteroatoms. The number of phenolic OH excluding ortho intramolecular Hbond substituents is 2. The fourth-order valence-corrected chi connectivity index (χ4v) is 15.2. The second-order valence-electron chi connectivity index (χ2n) is 33.9. The van der Waals surface area contributed by atoms with E-state index in [1.165, 1.54) is 95.6 Å². The molecular formula is C104H143Br2Cl3N6O4. The lowest BCUT2D eigenvalue weighted by Gasteiger charge is -2.12. The zero-order valence-electron chi connectivity index (χ0n) is 76.7. The van der Waals surface area contributed by atoms with Gasteiger partial charge in [0.15, 0.2) is 0 Å². The molecular weight excluding hydrogens is 1660 g/mol. The Bertz CT molecular complexity index is 4630. The van der Waals surface area contributed by atoms with Crippen LogP contribution in [0.3, 0.4) is 0 Å². The number of aromatic hydroxyl groups is 2. The number of aliphatic hydroxyl groups excluding tert-OH is 1. The normalized spacial score (nSPS) is 11.4. The maximum Gasteiger partial charge on any atom is 0.141 e. The second-order valence-corrected chi connectivity index (χ2v) is 36.8. The van der Waals surface area contributed by atoms with Gasteiger partial charge in [-0.25, -0.2) is 0 Å². The molecule has 10 aromatic carbocycles. The number of nitrogens with one attached hydrogen (secondary N) is 1. The SMILES string of the molecule is CC(C)c1ccc(Cl)c2c1C=CC2.CC(C)c1ccc2c(c1)NCC2.COc1ccc(C(C)C)cc1N.Cc1c(C(C)C)ccc(Br)c1N.Cc1c(C(C)C)ccc(Br)c1O.Cc1c(C(C)C)ccc(Cl)c1N.Cc1c(C(C)C)ccc(Cl)c1O.Cc1c(N)cccc1C(C)C.Cc1ccc(C(C)C)c(CO)c1.Cc1ccc(C(C)C)cc1N. The molecule has 10 aromatic rings. The van der Waals surface area contributed by atoms with Crippen molar-refractivity contribution in [3.8, 4) is 17.2 Å². The molecule has 0 aromatic heterocycles. The number of phenols is 2. The Kier molecular flexibility index (Phi) is 45.0. The van der Waals surface area contributed by atoms with E-state index in [-0.39, 0.29) is 12.4 Å². The number of nitrogen functional groups attached to an aromatic ring is 5. The van der Waals surface area contributed by atoms with Gasteiger partial charge in [0.1, 0.15) is 17.2 Å². The molecule has 12 rings (SSSR count). The lowest BCUT2D eigenvalue weighted by molar-refractivity contribution is 0.280. The fraction of sp³-hybridized carbons (Fsp3) is 0.404. The highest BCUT2D eigenvalue weighted by Crippen LogP contribution is 2.38. The monoisotopic (exact) mass is 1800 g/mol. The van der Waals surface area contributed by atoms with Gasteiger partial charge in [0.2, 0.25) is 0 Å². The molecule has 0 saturated heterocycles. The van der Waals surface area contributed by atoms with Crippen molar-refractivity contribution in [2.75, 3.05) is 47.6 Å². The standard InChI is InChI=1S/C12H13Cl.C11H15N.C11H16O.C10H14BrN.C10H13BrO.C10H14ClN.C10H13ClO.C10H15NO.2C10H15N/c1-8(2)9-6-7-12(13)11-5-3-4-10(9)11;1-8(2)10-4-3-9-5-6-12-11(9)7-10;1-8(2)11-5-4-9(3)6-10(11)7-12;4*1-6(2)8-4-5-9(11)10(12)7(8)3;1-7(2)8-4-5-10(12-3)9(11)6-8;1-7(2)9-5-4-8(3)10(11)6-9;1-7(2)9-5-4-6-10(11)8(9)3/h3-4,6-8H,5H2,1-2H3;3-4,7-8,12H,5-6H2,1-2H3;4-6,8,12H,7H2,1-3H3;4-6H,12H2,1-3H3;4-6,12H,1-3H3;4-6H,12H2,1-3H3;4-6,12H,1-3H3;4-7H,11H2,1-3H3;2*4-7H,11H2,1-3H3. The summed E-state index contributed by atoms with van der Waals surface area (Å²) in [6, 6.07) is 51.1. The molecule has 2 aliphatic rings. The Balaban J connectivity index is 0.000000342. The van der Waals surface area contributed by atoms with Gasteiger partial charge in [0.05, 0.1) is 39.6 Å². The molecule has 1 aliphatic carbocycles. The number of methoxy groups -OCH3 is 1. The average molecular weight is 1810 g/mol. The molecule has 0 spiro atoms. The van der Waals surface area contributed by atoms with Crippen molar-refractivity contribution in [3.05, 3.63) is 299 Å². The highest BCUT2D eigenvalue weighted by molar-refractivity contribution is 9.11. The number of hydrogen-bond acceptors (Lipinski definition) is 10. The Morgan fingerprint density at radius 2 is 0.832 bits per heavy atom. The van der Waals surface area contributed by atoms with Crippen LogP contribution < -0.4 is 38.7 Å². The molecule has 0 atom stereocenters. The minimum absolute atomic E-state index is 0.148. The Hall–Kier alpha value is -8.07. The van der Waals surface area contributed by atoms with Crippen molar-refractivity contribution in [2.24, 2.45) is 0 Å². The van der Waals surface area contributed by atoms with Gasteiger partial charge >= 0.3 is 0 Å². The van der Waals surface area contributed by atoms with Crippen LogP contribution in [0.2, 0.25) is 15.1 Å². The topological polar surface area (TPSA) is 212 Å². The highest BCUT2D eigenvalue weighted by atomic mass is 79.9. The van der Waals surface area contributed by atoms with Crippen LogP contribution in [0.1, 0.15) is 314 Å². The third kappa shape index (κ3) is 32.4. The third-order valence-corrected chi connectivity index (χ3v) is 23.8. The van der Waals surface area contributed by atoms with E-state index in [0.717, 1.165) is 83.1 Å². The van der Waals surface area contributed by atoms with Crippen molar-refractivity contribution >= 4 is 107 Å². The molecule has 10 nitrogen and oxygen atoms in total. The predicted molar refractivity (Wildman–Crippen MR) is 532 cm³/mol. The smallest absolute Gasteiger partial charge is 0.141 e. The molecule has 0 saturated carbocycles. The minimum atomic E-state index is 0.148. The van der Waals surface area contributed by atoms with Gasteiger partial charge in [-0.1, -0.05) is 282 Å². The Labute approximate surface area is 750 Å². The molecule has 0 bridgehead atoms. The summed E-state index contributed by atoms with van der Waals surface area (Å²) >= 11 is 24.4. The first-order valence-corrected chi connectivity index (χ1v) is 44.6. The average Bonchev–Trinajstić information content (AvgIpc) is 1.68. The molecule has 0 fully saturated rings. The fourth-order valence-electron chi connectivity index (χ4n) is 13.7. The number of aryl methyl sites for hydroxylation is 2. The summed E-state index contributed by atoms with van der Waals surface area (Å²) < 4.78 is 6.81. The van der Waals surface area contributed by atoms with Crippen LogP contribution in [0.15, 0.2) is 167 Å². The zero-order valence-corrected chi connectivity index (χ0v) is 82.2. The number of halogens is 5. The lowest BCUT2D eigenvalue weighted by Crippen LogP contribution is -1.98. The van der Waals surface area contributed by atoms with E-state index in [9.17, 15) is 10.2 Å². The van der Waals surface area contributed by atoms with Gasteiger partial charge in [-0.15, -0.1) is 0 Å². The summed E-state index contributed by atoms with van der Waals surface area (Å²) in [4.78, 5) is 0. The van der Waals surface area contributed by atoms with E-state index in [4.69, 9.17) is 73.3 Å². The van der Waals surface area contributed by atoms with Gasteiger partial charge in [0, 0.05) is 38.8 Å². The first-order chi connectivity index (χ1) is 55.6. The summed E-state index contributed by atoms with van der Waals surface area (Å²) in [5.74, 6) is 6.61. The summed E-state index contributed by atoms with van der Waals surface area (Å²) in [5.41, 5.74) is 60.3. The highest BCUT2D eigenvalue weighted by Gasteiger charge is 2.18. The molecule has 0 radical (unpaired) electrons. The van der Waals surface area contributed by atoms with E-state index >= 15 is 0 Å². The van der Waals surface area contributed by atoms with Crippen LogP contribution in [0.4, 0.5) is 34.1 Å². The number of benzene rings is 10. The van der Waals surface area contributed by atoms with Gasteiger partial charge in [-0.2, -0.15) is 0 Å². The molecule has 648 valence electrons. The van der Waals surface area contributed by atoms with Gasteiger partial charge in [-0.3, -0.25) is 0 Å². The Morgan fingerprint density at radius 1 is 0.403 bits per heavy atom. The number of rotatable bonds is 12. The van der Waals surface area contributed by atoms with Crippen LogP contribution >= 0.6 is 66.7 Å². The predicted octanol–water partition coefficient (Wildman–Crippen LogP) is 31.1. The number of anilines is 6. The minimum Gasteiger partial charge on any atom is -0.506 e. The van der Waals surface area contributed by atoms with Crippen LogP contribution in [-0.4, -0.2) is 29.0 Å². The first-order valence-electron chi connectivity index (χ1n) is 41.9. The number of allylic oxidation sites excluding steroid dienone is 1. The molecule has 0 amide bonds. The van der Waals surface area contributed by atoms with Crippen molar-refractivity contribution < 1.29 is 20.1 Å². The van der Waals surface area contributed by atoms with Crippen LogP contribution in [0.25, 0.3) is 6.08 Å². The molecule has 0 unspecified atom stereocenters. The number of hydrogen-bond donors (Lipinski definition) is 9. The van der Waals surface area contributed by atoms with Crippen LogP contribution in [0.5, 0.6) is 17.2 Å². The van der Waals surface area contributed by atoms with Crippen molar-refractivity contribution in [1.82, 2.24) is 0 Å². The Morgan fingerprint density at radius 3 is 1.32 bits per heavy atom.